The Morgan fingerprint density at radius 1 is 0.806 bits per heavy atom. The van der Waals surface area contributed by atoms with Crippen LogP contribution in [-0.4, -0.2) is 24.9 Å². The fourth-order valence-corrected chi connectivity index (χ4v) is 4.04. The molecule has 0 atom stereocenters. The van der Waals surface area contributed by atoms with Crippen molar-refractivity contribution in [2.24, 2.45) is 0 Å². The number of nitrogens with one attached hydrogen (secondary N) is 1. The Balaban J connectivity index is 1.29. The highest BCUT2D eigenvalue weighted by atomic mass is 35.5. The van der Waals surface area contributed by atoms with Crippen molar-refractivity contribution in [3.05, 3.63) is 107 Å². The van der Waals surface area contributed by atoms with E-state index in [1.54, 1.807) is 60.7 Å². The Bertz CT molecular complexity index is 1550. The van der Waals surface area contributed by atoms with Crippen LogP contribution in [0.2, 0.25) is 0 Å². The molecule has 0 aliphatic carbocycles. The van der Waals surface area contributed by atoms with Gasteiger partial charge in [-0.05, 0) is 59.3 Å². The number of carbonyl (C=O) groups excluding carboxylic acids is 3. The van der Waals surface area contributed by atoms with Gasteiger partial charge in [0.05, 0.1) is 18.4 Å². The van der Waals surface area contributed by atoms with Crippen LogP contribution in [0, 0.1) is 0 Å². The van der Waals surface area contributed by atoms with Crippen LogP contribution in [0.5, 0.6) is 11.5 Å². The van der Waals surface area contributed by atoms with E-state index in [9.17, 15) is 14.4 Å². The van der Waals surface area contributed by atoms with Crippen molar-refractivity contribution < 1.29 is 23.9 Å². The van der Waals surface area contributed by atoms with Gasteiger partial charge in [-0.3, -0.25) is 9.59 Å². The topological polar surface area (TPSA) is 84.9 Å². The second kappa shape index (κ2) is 9.56. The molecule has 1 aliphatic heterocycles. The minimum Gasteiger partial charge on any atom is -0.497 e. The Morgan fingerprint density at radius 2 is 1.56 bits per heavy atom. The lowest BCUT2D eigenvalue weighted by Crippen LogP contribution is -2.32. The molecule has 0 saturated heterocycles. The largest absolute Gasteiger partial charge is 0.497 e. The molecule has 1 N–H and O–H groups in total. The number of fused-ring (bicyclic) bond motifs is 1. The summed E-state index contributed by atoms with van der Waals surface area (Å²) in [6, 6.07) is 26.1. The van der Waals surface area contributed by atoms with Gasteiger partial charge in [-0.25, -0.2) is 9.69 Å². The highest BCUT2D eigenvalue weighted by molar-refractivity contribution is 6.53. The number of carbonyl (C=O) groups is 3. The SMILES string of the molecule is COc1cccc(N2C(=O)C(Cl)=C(Nc3ccc(C(=O)Oc4ccc5ccccc5c4)cc3)C2=O)c1. The maximum atomic E-state index is 13.0. The minimum absolute atomic E-state index is 0.0593. The molecular formula is C28H19ClN2O5. The standard InChI is InChI=1S/C28H19ClN2O5/c1-35-22-8-4-7-21(16-22)31-26(32)24(29)25(27(31)33)30-20-12-9-18(10-13-20)28(34)36-23-14-11-17-5-2-3-6-19(17)15-23/h2-16,30H,1H3. The molecule has 0 aromatic heterocycles. The van der Waals surface area contributed by atoms with Crippen LogP contribution < -0.4 is 19.7 Å². The van der Waals surface area contributed by atoms with Gasteiger partial charge in [0.15, 0.2) is 0 Å². The third-order valence-electron chi connectivity index (χ3n) is 5.66. The first kappa shape index (κ1) is 23.1. The smallest absolute Gasteiger partial charge is 0.343 e. The lowest BCUT2D eigenvalue weighted by molar-refractivity contribution is -0.120. The molecule has 0 unspecified atom stereocenters. The van der Waals surface area contributed by atoms with Crippen LogP contribution in [0.25, 0.3) is 10.8 Å². The number of imide groups is 1. The zero-order valence-corrected chi connectivity index (χ0v) is 19.8. The average Bonchev–Trinajstić information content (AvgIpc) is 3.11. The van der Waals surface area contributed by atoms with Crippen molar-refractivity contribution in [1.82, 2.24) is 0 Å². The van der Waals surface area contributed by atoms with E-state index in [4.69, 9.17) is 21.1 Å². The molecule has 8 heteroatoms. The van der Waals surface area contributed by atoms with E-state index in [0.717, 1.165) is 15.7 Å². The van der Waals surface area contributed by atoms with Crippen molar-refractivity contribution in [3.8, 4) is 11.5 Å². The van der Waals surface area contributed by atoms with Crippen LogP contribution in [-0.2, 0) is 9.59 Å². The number of rotatable bonds is 6. The average molecular weight is 499 g/mol. The van der Waals surface area contributed by atoms with Gasteiger partial charge < -0.3 is 14.8 Å². The van der Waals surface area contributed by atoms with Crippen molar-refractivity contribution in [3.63, 3.8) is 0 Å². The number of hydrogen-bond donors (Lipinski definition) is 1. The van der Waals surface area contributed by atoms with Crippen LogP contribution in [0.15, 0.2) is 102 Å². The number of esters is 1. The molecule has 0 spiro atoms. The van der Waals surface area contributed by atoms with Gasteiger partial charge in [-0.15, -0.1) is 0 Å². The van der Waals surface area contributed by atoms with Gasteiger partial charge >= 0.3 is 5.97 Å². The molecule has 0 saturated carbocycles. The minimum atomic E-state index is -0.645. The predicted octanol–water partition coefficient (Wildman–Crippen LogP) is 5.50. The zero-order chi connectivity index (χ0) is 25.2. The highest BCUT2D eigenvalue weighted by Crippen LogP contribution is 2.32. The molecule has 1 aliphatic rings. The van der Waals surface area contributed by atoms with E-state index in [0.29, 0.717) is 28.4 Å². The molecule has 1 heterocycles. The highest BCUT2D eigenvalue weighted by Gasteiger charge is 2.39. The van der Waals surface area contributed by atoms with E-state index in [2.05, 4.69) is 5.32 Å². The number of amides is 2. The summed E-state index contributed by atoms with van der Waals surface area (Å²) in [5, 5.41) is 4.66. The first-order valence-electron chi connectivity index (χ1n) is 11.0. The van der Waals surface area contributed by atoms with Crippen molar-refractivity contribution in [2.75, 3.05) is 17.3 Å². The van der Waals surface area contributed by atoms with E-state index in [1.165, 1.54) is 7.11 Å². The quantitative estimate of drug-likeness (QED) is 0.214. The van der Waals surface area contributed by atoms with Crippen molar-refractivity contribution in [1.29, 1.82) is 0 Å². The normalized spacial score (nSPS) is 13.3. The van der Waals surface area contributed by atoms with Crippen LogP contribution >= 0.6 is 11.6 Å². The molecule has 2 amide bonds. The molecule has 0 bridgehead atoms. The fraction of sp³-hybridized carbons (Fsp3) is 0.0357. The summed E-state index contributed by atoms with van der Waals surface area (Å²) in [5.74, 6) is -0.834. The number of methoxy groups -OCH3 is 1. The maximum Gasteiger partial charge on any atom is 0.343 e. The number of ether oxygens (including phenoxy) is 2. The number of anilines is 2. The summed E-state index contributed by atoms with van der Waals surface area (Å²) >= 11 is 6.20. The first-order chi connectivity index (χ1) is 17.4. The van der Waals surface area contributed by atoms with E-state index < -0.39 is 17.8 Å². The van der Waals surface area contributed by atoms with Crippen LogP contribution in [0.3, 0.4) is 0 Å². The number of hydrogen-bond acceptors (Lipinski definition) is 6. The summed E-state index contributed by atoms with van der Waals surface area (Å²) in [6.45, 7) is 0. The van der Waals surface area contributed by atoms with Gasteiger partial charge in [0.1, 0.15) is 22.2 Å². The second-order valence-corrected chi connectivity index (χ2v) is 8.31. The third kappa shape index (κ3) is 4.39. The van der Waals surface area contributed by atoms with E-state index in [1.807, 2.05) is 30.3 Å². The van der Waals surface area contributed by atoms with Crippen LogP contribution in [0.1, 0.15) is 10.4 Å². The summed E-state index contributed by atoms with van der Waals surface area (Å²) in [7, 11) is 1.49. The van der Waals surface area contributed by atoms with Crippen molar-refractivity contribution >= 4 is 51.5 Å². The summed E-state index contributed by atoms with van der Waals surface area (Å²) in [5.41, 5.74) is 1.07. The first-order valence-corrected chi connectivity index (χ1v) is 11.3. The second-order valence-electron chi connectivity index (χ2n) is 7.94. The predicted molar refractivity (Wildman–Crippen MR) is 137 cm³/mol. The Labute approximate surface area is 211 Å². The Kier molecular flexibility index (Phi) is 6.14. The molecule has 4 aromatic carbocycles. The number of halogens is 1. The molecular weight excluding hydrogens is 480 g/mol. The molecule has 5 rings (SSSR count). The fourth-order valence-electron chi connectivity index (χ4n) is 3.83. The van der Waals surface area contributed by atoms with Gasteiger partial charge in [0.2, 0.25) is 0 Å². The Hall–Kier alpha value is -4.62. The summed E-state index contributed by atoms with van der Waals surface area (Å²) < 4.78 is 10.7. The Morgan fingerprint density at radius 3 is 2.31 bits per heavy atom. The lowest BCUT2D eigenvalue weighted by atomic mass is 10.1. The lowest BCUT2D eigenvalue weighted by Gasteiger charge is -2.16. The maximum absolute atomic E-state index is 13.0. The van der Waals surface area contributed by atoms with Crippen molar-refractivity contribution in [2.45, 2.75) is 0 Å². The third-order valence-corrected chi connectivity index (χ3v) is 6.01. The molecule has 36 heavy (non-hydrogen) atoms. The van der Waals surface area contributed by atoms with E-state index >= 15 is 0 Å². The monoisotopic (exact) mass is 498 g/mol. The van der Waals surface area contributed by atoms with Gasteiger partial charge in [-0.2, -0.15) is 0 Å². The van der Waals surface area contributed by atoms with Crippen LogP contribution in [0.4, 0.5) is 11.4 Å². The van der Waals surface area contributed by atoms with Gasteiger partial charge in [0, 0.05) is 11.8 Å². The van der Waals surface area contributed by atoms with E-state index in [-0.39, 0.29) is 10.7 Å². The van der Waals surface area contributed by atoms with Gasteiger partial charge in [-0.1, -0.05) is 48.0 Å². The summed E-state index contributed by atoms with van der Waals surface area (Å²) in [6.07, 6.45) is 0. The zero-order valence-electron chi connectivity index (χ0n) is 19.0. The molecule has 178 valence electrons. The number of benzene rings is 4. The molecule has 0 fully saturated rings. The molecule has 0 radical (unpaired) electrons. The molecule has 4 aromatic rings. The molecule has 7 nitrogen and oxygen atoms in total. The van der Waals surface area contributed by atoms with Gasteiger partial charge in [0.25, 0.3) is 11.8 Å². The number of nitrogens with zero attached hydrogens (tertiary/aromatic N) is 1. The summed E-state index contributed by atoms with van der Waals surface area (Å²) in [4.78, 5) is 39.3.